The molecule has 1 amide bonds. The molecule has 9 heteroatoms. The Balaban J connectivity index is 1.51. The van der Waals surface area contributed by atoms with Crippen LogP contribution < -0.4 is 5.32 Å². The van der Waals surface area contributed by atoms with Crippen molar-refractivity contribution >= 4 is 15.9 Å². The zero-order valence-electron chi connectivity index (χ0n) is 18.4. The largest absolute Gasteiger partial charge is 0.345 e. The van der Waals surface area contributed by atoms with Gasteiger partial charge in [-0.25, -0.2) is 13.4 Å². The van der Waals surface area contributed by atoms with Crippen molar-refractivity contribution in [3.8, 4) is 11.3 Å². The number of imidazole rings is 1. The van der Waals surface area contributed by atoms with Gasteiger partial charge in [0.1, 0.15) is 16.4 Å². The van der Waals surface area contributed by atoms with Crippen molar-refractivity contribution in [1.82, 2.24) is 24.2 Å². The van der Waals surface area contributed by atoms with E-state index in [0.29, 0.717) is 31.0 Å². The van der Waals surface area contributed by atoms with Crippen molar-refractivity contribution in [1.29, 1.82) is 0 Å². The molecule has 1 saturated heterocycles. The van der Waals surface area contributed by atoms with E-state index >= 15 is 0 Å². The second kappa shape index (κ2) is 9.30. The Bertz CT molecular complexity index is 1180. The van der Waals surface area contributed by atoms with Gasteiger partial charge in [0, 0.05) is 26.3 Å². The van der Waals surface area contributed by atoms with E-state index in [-0.39, 0.29) is 16.8 Å². The highest BCUT2D eigenvalue weighted by Gasteiger charge is 2.29. The minimum Gasteiger partial charge on any atom is -0.345 e. The Kier molecular flexibility index (Phi) is 6.48. The maximum absolute atomic E-state index is 13.0. The van der Waals surface area contributed by atoms with Crippen LogP contribution in [0.2, 0.25) is 0 Å². The number of benzene rings is 1. The highest BCUT2D eigenvalue weighted by Crippen LogP contribution is 2.24. The number of nitrogens with one attached hydrogen (secondary N) is 2. The zero-order valence-corrected chi connectivity index (χ0v) is 19.2. The van der Waals surface area contributed by atoms with Crippen molar-refractivity contribution in [2.24, 2.45) is 7.05 Å². The molecule has 2 N–H and O–H groups in total. The number of piperidine rings is 1. The van der Waals surface area contributed by atoms with Crippen molar-refractivity contribution in [2.75, 3.05) is 13.1 Å². The van der Waals surface area contributed by atoms with Crippen LogP contribution in [0.25, 0.3) is 11.3 Å². The van der Waals surface area contributed by atoms with Gasteiger partial charge in [0.2, 0.25) is 10.0 Å². The number of H-pyrrole nitrogens is 1. The summed E-state index contributed by atoms with van der Waals surface area (Å²) in [6, 6.07) is 11.0. The van der Waals surface area contributed by atoms with Gasteiger partial charge in [-0.3, -0.25) is 4.79 Å². The zero-order chi connectivity index (χ0) is 22.7. The van der Waals surface area contributed by atoms with E-state index in [1.54, 1.807) is 17.8 Å². The normalized spacial score (nSPS) is 16.1. The summed E-state index contributed by atoms with van der Waals surface area (Å²) in [6.45, 7) is 3.02. The van der Waals surface area contributed by atoms with Crippen molar-refractivity contribution in [2.45, 2.75) is 43.5 Å². The molecule has 1 unspecified atom stereocenters. The SMILES string of the molecule is CCC(NC(=O)c1cc(S(=O)(=O)N2CCCCC2)cn1C)c1ncc(-c2ccccc2)[nH]1. The molecule has 1 aromatic carbocycles. The van der Waals surface area contributed by atoms with Crippen LogP contribution in [0.1, 0.15) is 55.0 Å². The lowest BCUT2D eigenvalue weighted by molar-refractivity contribution is 0.0925. The average Bonchev–Trinajstić information content (AvgIpc) is 3.46. The van der Waals surface area contributed by atoms with E-state index in [1.165, 1.54) is 16.6 Å². The Labute approximate surface area is 188 Å². The third-order valence-corrected chi connectivity index (χ3v) is 7.75. The number of aromatic amines is 1. The Morgan fingerprint density at radius 1 is 1.19 bits per heavy atom. The van der Waals surface area contributed by atoms with E-state index in [9.17, 15) is 13.2 Å². The quantitative estimate of drug-likeness (QED) is 0.570. The summed E-state index contributed by atoms with van der Waals surface area (Å²) >= 11 is 0. The van der Waals surface area contributed by atoms with Crippen LogP contribution in [-0.2, 0) is 17.1 Å². The van der Waals surface area contributed by atoms with Gasteiger partial charge in [0.15, 0.2) is 0 Å². The first-order valence-corrected chi connectivity index (χ1v) is 12.4. The molecule has 1 atom stereocenters. The number of aromatic nitrogens is 3. The lowest BCUT2D eigenvalue weighted by Crippen LogP contribution is -2.35. The second-order valence-electron chi connectivity index (χ2n) is 8.12. The minimum atomic E-state index is -3.60. The fourth-order valence-corrected chi connectivity index (χ4v) is 5.62. The van der Waals surface area contributed by atoms with E-state index in [0.717, 1.165) is 30.5 Å². The number of carbonyl (C=O) groups excluding carboxylic acids is 1. The molecule has 0 aliphatic carbocycles. The lowest BCUT2D eigenvalue weighted by atomic mass is 10.2. The monoisotopic (exact) mass is 455 g/mol. The molecule has 0 bridgehead atoms. The average molecular weight is 456 g/mol. The van der Waals surface area contributed by atoms with E-state index < -0.39 is 10.0 Å². The number of nitrogens with zero attached hydrogens (tertiary/aromatic N) is 3. The van der Waals surface area contributed by atoms with Crippen molar-refractivity contribution < 1.29 is 13.2 Å². The van der Waals surface area contributed by atoms with Crippen LogP contribution >= 0.6 is 0 Å². The lowest BCUT2D eigenvalue weighted by Gasteiger charge is -2.25. The summed E-state index contributed by atoms with van der Waals surface area (Å²) < 4.78 is 29.0. The molecular weight excluding hydrogens is 426 g/mol. The Morgan fingerprint density at radius 2 is 1.91 bits per heavy atom. The van der Waals surface area contributed by atoms with E-state index in [1.807, 2.05) is 37.3 Å². The third kappa shape index (κ3) is 4.49. The molecule has 4 rings (SSSR count). The first kappa shape index (κ1) is 22.3. The number of amides is 1. The molecule has 3 heterocycles. The molecule has 1 fully saturated rings. The predicted octanol–water partition coefficient (Wildman–Crippen LogP) is 3.47. The molecule has 8 nitrogen and oxygen atoms in total. The Morgan fingerprint density at radius 3 is 2.59 bits per heavy atom. The van der Waals surface area contributed by atoms with Crippen LogP contribution in [0.4, 0.5) is 0 Å². The van der Waals surface area contributed by atoms with Gasteiger partial charge in [-0.05, 0) is 30.9 Å². The van der Waals surface area contributed by atoms with Crippen LogP contribution in [0.3, 0.4) is 0 Å². The van der Waals surface area contributed by atoms with Crippen LogP contribution in [-0.4, -0.2) is 46.3 Å². The number of sulfonamides is 1. The van der Waals surface area contributed by atoms with Gasteiger partial charge < -0.3 is 14.9 Å². The summed E-state index contributed by atoms with van der Waals surface area (Å²) in [5.74, 6) is 0.326. The highest BCUT2D eigenvalue weighted by atomic mass is 32.2. The van der Waals surface area contributed by atoms with E-state index in [4.69, 9.17) is 0 Å². The molecule has 1 aliphatic rings. The van der Waals surface area contributed by atoms with Gasteiger partial charge >= 0.3 is 0 Å². The van der Waals surface area contributed by atoms with Crippen molar-refractivity contribution in [3.63, 3.8) is 0 Å². The standard InChI is InChI=1S/C23H29N5O3S/c1-3-19(22-24-15-20(25-22)17-10-6-4-7-11-17)26-23(29)21-14-18(16-27(21)2)32(30,31)28-12-8-5-9-13-28/h4,6-7,10-11,14-16,19H,3,5,8-9,12-13H2,1-2H3,(H,24,25)(H,26,29). The predicted molar refractivity (Wildman–Crippen MR) is 123 cm³/mol. The third-order valence-electron chi connectivity index (χ3n) is 5.89. The molecule has 170 valence electrons. The van der Waals surface area contributed by atoms with Gasteiger partial charge in [0.25, 0.3) is 5.91 Å². The molecular formula is C23H29N5O3S. The van der Waals surface area contributed by atoms with Gasteiger partial charge in [0.05, 0.1) is 17.9 Å². The molecule has 3 aromatic rings. The second-order valence-corrected chi connectivity index (χ2v) is 10.1. The highest BCUT2D eigenvalue weighted by molar-refractivity contribution is 7.89. The van der Waals surface area contributed by atoms with Gasteiger partial charge in [-0.1, -0.05) is 43.7 Å². The molecule has 1 aliphatic heterocycles. The maximum Gasteiger partial charge on any atom is 0.268 e. The summed E-state index contributed by atoms with van der Waals surface area (Å²) in [5.41, 5.74) is 2.19. The van der Waals surface area contributed by atoms with Crippen LogP contribution in [0.5, 0.6) is 0 Å². The smallest absolute Gasteiger partial charge is 0.268 e. The Hall–Kier alpha value is -2.91. The first-order chi connectivity index (χ1) is 15.4. The first-order valence-electron chi connectivity index (χ1n) is 11.0. The minimum absolute atomic E-state index is 0.157. The number of hydrogen-bond acceptors (Lipinski definition) is 4. The summed E-state index contributed by atoms with van der Waals surface area (Å²) in [5, 5.41) is 2.99. The van der Waals surface area contributed by atoms with Crippen LogP contribution in [0, 0.1) is 0 Å². The molecule has 32 heavy (non-hydrogen) atoms. The van der Waals surface area contributed by atoms with E-state index in [2.05, 4.69) is 15.3 Å². The molecule has 0 spiro atoms. The molecule has 0 radical (unpaired) electrons. The summed E-state index contributed by atoms with van der Waals surface area (Å²) in [7, 11) is -1.91. The van der Waals surface area contributed by atoms with Gasteiger partial charge in [-0.15, -0.1) is 0 Å². The van der Waals surface area contributed by atoms with Crippen molar-refractivity contribution in [3.05, 3.63) is 60.3 Å². The number of aryl methyl sites for hydroxylation is 1. The molecule has 0 saturated carbocycles. The summed E-state index contributed by atoms with van der Waals surface area (Å²) in [6.07, 6.45) is 6.69. The van der Waals surface area contributed by atoms with Crippen LogP contribution in [0.15, 0.2) is 53.7 Å². The molecule has 2 aromatic heterocycles. The number of carbonyl (C=O) groups is 1. The topological polar surface area (TPSA) is 100 Å². The number of rotatable bonds is 7. The fourth-order valence-electron chi connectivity index (χ4n) is 4.03. The number of hydrogen-bond donors (Lipinski definition) is 2. The maximum atomic E-state index is 13.0. The summed E-state index contributed by atoms with van der Waals surface area (Å²) in [4.78, 5) is 20.9. The fraction of sp³-hybridized carbons (Fsp3) is 0.391. The van der Waals surface area contributed by atoms with Gasteiger partial charge in [-0.2, -0.15) is 4.31 Å².